The maximum absolute atomic E-state index is 12.9. The first-order valence-electron chi connectivity index (χ1n) is 12.0. The van der Waals surface area contributed by atoms with Crippen molar-refractivity contribution in [3.8, 4) is 5.75 Å². The van der Waals surface area contributed by atoms with Crippen molar-refractivity contribution in [2.75, 3.05) is 0 Å². The van der Waals surface area contributed by atoms with E-state index < -0.39 is 0 Å². The van der Waals surface area contributed by atoms with Gasteiger partial charge in [0.25, 0.3) is 11.8 Å². The summed E-state index contributed by atoms with van der Waals surface area (Å²) >= 11 is 13.5. The lowest BCUT2D eigenvalue weighted by Crippen LogP contribution is -2.53. The van der Waals surface area contributed by atoms with Crippen molar-refractivity contribution >= 4 is 46.4 Å². The van der Waals surface area contributed by atoms with Gasteiger partial charge in [-0.25, -0.2) is 4.98 Å². The summed E-state index contributed by atoms with van der Waals surface area (Å²) in [6.07, 6.45) is 3.50. The lowest BCUT2D eigenvalue weighted by molar-refractivity contribution is 0.0860. The Morgan fingerprint density at radius 1 is 1.03 bits per heavy atom. The number of hydrogen-bond donors (Lipinski definition) is 2. The molecule has 1 aromatic heterocycles. The van der Waals surface area contributed by atoms with Crippen LogP contribution in [0.4, 0.5) is 0 Å². The van der Waals surface area contributed by atoms with Gasteiger partial charge < -0.3 is 15.4 Å². The number of ether oxygens (including phenoxy) is 1. The van der Waals surface area contributed by atoms with Gasteiger partial charge in [0.05, 0.1) is 10.6 Å². The summed E-state index contributed by atoms with van der Waals surface area (Å²) in [6.45, 7) is 4.59. The molecule has 9 heteroatoms. The van der Waals surface area contributed by atoms with E-state index in [4.69, 9.17) is 27.9 Å². The molecule has 2 atom stereocenters. The minimum Gasteiger partial charge on any atom is -0.486 e. The summed E-state index contributed by atoms with van der Waals surface area (Å²) in [5.74, 6) is 0.695. The number of aromatic nitrogens is 1. The van der Waals surface area contributed by atoms with E-state index in [1.165, 1.54) is 16.9 Å². The van der Waals surface area contributed by atoms with Gasteiger partial charge in [-0.05, 0) is 54.7 Å². The van der Waals surface area contributed by atoms with Crippen LogP contribution in [0, 0.1) is 0 Å². The number of thiazole rings is 1. The molecule has 6 nitrogen and oxygen atoms in total. The summed E-state index contributed by atoms with van der Waals surface area (Å²) in [5, 5.41) is 9.33. The summed E-state index contributed by atoms with van der Waals surface area (Å²) in [7, 11) is 0. The van der Waals surface area contributed by atoms with E-state index >= 15 is 0 Å². The number of amides is 2. The molecule has 0 saturated heterocycles. The molecule has 0 bridgehead atoms. The van der Waals surface area contributed by atoms with Gasteiger partial charge in [-0.15, -0.1) is 11.3 Å². The largest absolute Gasteiger partial charge is 0.486 e. The molecule has 1 aliphatic rings. The van der Waals surface area contributed by atoms with Crippen LogP contribution in [0.2, 0.25) is 10.0 Å². The highest BCUT2D eigenvalue weighted by Gasteiger charge is 2.29. The van der Waals surface area contributed by atoms with E-state index in [0.29, 0.717) is 33.8 Å². The average molecular weight is 547 g/mol. The molecule has 0 radical (unpaired) electrons. The number of nitrogens with zero attached hydrogens (tertiary/aromatic N) is 1. The summed E-state index contributed by atoms with van der Waals surface area (Å²) < 4.78 is 5.84. The Balaban J connectivity index is 1.33. The van der Waals surface area contributed by atoms with E-state index in [0.717, 1.165) is 36.4 Å². The molecule has 3 aromatic rings. The molecule has 0 unspecified atom stereocenters. The van der Waals surface area contributed by atoms with Gasteiger partial charge in [-0.1, -0.05) is 62.0 Å². The highest BCUT2D eigenvalue weighted by molar-refractivity contribution is 7.09. The molecule has 0 aliphatic heterocycles. The molecular formula is C27H29Cl2N3O3S. The predicted molar refractivity (Wildman–Crippen MR) is 144 cm³/mol. The molecule has 190 valence electrons. The first-order valence-corrected chi connectivity index (χ1v) is 13.7. The second-order valence-corrected chi connectivity index (χ2v) is 11.0. The van der Waals surface area contributed by atoms with Crippen LogP contribution >= 0.6 is 34.5 Å². The number of carbonyl (C=O) groups excluding carboxylic acids is 2. The Bertz CT molecular complexity index is 1210. The van der Waals surface area contributed by atoms with Gasteiger partial charge in [-0.3, -0.25) is 9.59 Å². The van der Waals surface area contributed by atoms with Crippen LogP contribution in [0.1, 0.15) is 76.9 Å². The van der Waals surface area contributed by atoms with Crippen molar-refractivity contribution < 1.29 is 14.3 Å². The van der Waals surface area contributed by atoms with Crippen molar-refractivity contribution in [2.45, 2.75) is 64.1 Å². The monoisotopic (exact) mass is 545 g/mol. The molecule has 1 aliphatic carbocycles. The van der Waals surface area contributed by atoms with Crippen LogP contribution in [-0.2, 0) is 6.61 Å². The second kappa shape index (κ2) is 12.1. The number of halogens is 2. The maximum atomic E-state index is 12.9. The van der Waals surface area contributed by atoms with Gasteiger partial charge in [0.1, 0.15) is 23.1 Å². The first kappa shape index (κ1) is 26.5. The predicted octanol–water partition coefficient (Wildman–Crippen LogP) is 6.62. The maximum Gasteiger partial charge on any atom is 0.271 e. The molecule has 0 spiro atoms. The lowest BCUT2D eigenvalue weighted by atomic mass is 9.90. The molecule has 1 heterocycles. The van der Waals surface area contributed by atoms with E-state index in [-0.39, 0.29) is 23.9 Å². The highest BCUT2D eigenvalue weighted by Crippen LogP contribution is 2.24. The number of rotatable bonds is 8. The van der Waals surface area contributed by atoms with Crippen molar-refractivity contribution in [1.82, 2.24) is 15.6 Å². The second-order valence-electron chi connectivity index (χ2n) is 9.21. The van der Waals surface area contributed by atoms with E-state index in [1.54, 1.807) is 23.6 Å². The first-order chi connectivity index (χ1) is 17.3. The Labute approximate surface area is 225 Å². The fourth-order valence-corrected chi connectivity index (χ4v) is 5.39. The molecule has 2 N–H and O–H groups in total. The molecule has 2 aromatic carbocycles. The minimum atomic E-state index is -0.280. The minimum absolute atomic E-state index is 0.192. The Kier molecular flexibility index (Phi) is 8.88. The fourth-order valence-electron chi connectivity index (χ4n) is 4.21. The molecule has 1 fully saturated rings. The Hall–Kier alpha value is -2.61. The third-order valence-electron chi connectivity index (χ3n) is 6.27. The van der Waals surface area contributed by atoms with Crippen molar-refractivity contribution in [2.24, 2.45) is 0 Å². The zero-order valence-corrected chi connectivity index (χ0v) is 22.6. The van der Waals surface area contributed by atoms with Crippen LogP contribution in [0.25, 0.3) is 0 Å². The third-order valence-corrected chi connectivity index (χ3v) is 7.64. The zero-order chi connectivity index (χ0) is 25.7. The number of benzene rings is 2. The van der Waals surface area contributed by atoms with Gasteiger partial charge in [-0.2, -0.15) is 0 Å². The molecule has 1 saturated carbocycles. The van der Waals surface area contributed by atoms with Gasteiger partial charge >= 0.3 is 0 Å². The quantitative estimate of drug-likeness (QED) is 0.333. The van der Waals surface area contributed by atoms with Crippen molar-refractivity contribution in [1.29, 1.82) is 0 Å². The average Bonchev–Trinajstić information content (AvgIpc) is 3.33. The van der Waals surface area contributed by atoms with Gasteiger partial charge in [0.15, 0.2) is 0 Å². The molecule has 36 heavy (non-hydrogen) atoms. The summed E-state index contributed by atoms with van der Waals surface area (Å²) in [6, 6.07) is 12.4. The highest BCUT2D eigenvalue weighted by atomic mass is 35.5. The summed E-state index contributed by atoms with van der Waals surface area (Å²) in [4.78, 5) is 30.2. The molecule has 2 amide bonds. The van der Waals surface area contributed by atoms with E-state index in [1.807, 2.05) is 12.1 Å². The van der Waals surface area contributed by atoms with E-state index in [9.17, 15) is 9.59 Å². The smallest absolute Gasteiger partial charge is 0.271 e. The number of carbonyl (C=O) groups is 2. The molecule has 4 rings (SSSR count). The van der Waals surface area contributed by atoms with Crippen molar-refractivity contribution in [3.05, 3.63) is 79.7 Å². The standard InChI is InChI=1S/C27H29Cl2N3O3S/c1-16(2)17-7-10-19(11-8-17)35-14-25-30-24(15-36-25)27(34)32-23-6-4-3-5-22(23)31-26(33)20-12-9-18(28)13-21(20)29/h7-13,15-16,22-23H,3-6,14H2,1-2H3,(H,31,33)(H,32,34)/t22-,23+/m0/s1. The van der Waals surface area contributed by atoms with Crippen LogP contribution in [0.15, 0.2) is 47.8 Å². The number of nitrogens with one attached hydrogen (secondary N) is 2. The normalized spacial score (nSPS) is 17.6. The van der Waals surface area contributed by atoms with Crippen LogP contribution < -0.4 is 15.4 Å². The van der Waals surface area contributed by atoms with Crippen LogP contribution in [-0.4, -0.2) is 28.9 Å². The third kappa shape index (κ3) is 6.78. The van der Waals surface area contributed by atoms with Crippen LogP contribution in [0.3, 0.4) is 0 Å². The summed E-state index contributed by atoms with van der Waals surface area (Å²) in [5.41, 5.74) is 1.97. The zero-order valence-electron chi connectivity index (χ0n) is 20.2. The topological polar surface area (TPSA) is 80.3 Å². The SMILES string of the molecule is CC(C)c1ccc(OCc2nc(C(=O)N[C@@H]3CCCC[C@@H]3NC(=O)c3ccc(Cl)cc3Cl)cs2)cc1. The Morgan fingerprint density at radius 3 is 2.33 bits per heavy atom. The Morgan fingerprint density at radius 2 is 1.69 bits per heavy atom. The van der Waals surface area contributed by atoms with Gasteiger partial charge in [0.2, 0.25) is 0 Å². The fraction of sp³-hybridized carbons (Fsp3) is 0.370. The number of hydrogen-bond acceptors (Lipinski definition) is 5. The van der Waals surface area contributed by atoms with Crippen LogP contribution in [0.5, 0.6) is 5.75 Å². The lowest BCUT2D eigenvalue weighted by Gasteiger charge is -2.32. The van der Waals surface area contributed by atoms with E-state index in [2.05, 4.69) is 41.6 Å². The molecular weight excluding hydrogens is 517 g/mol. The van der Waals surface area contributed by atoms with Crippen molar-refractivity contribution in [3.63, 3.8) is 0 Å². The van der Waals surface area contributed by atoms with Gasteiger partial charge in [0, 0.05) is 22.5 Å².